The van der Waals surface area contributed by atoms with Crippen LogP contribution in [0, 0.1) is 5.82 Å². The summed E-state index contributed by atoms with van der Waals surface area (Å²) in [5.41, 5.74) is 0. The smallest absolute Gasteiger partial charge is 0.228 e. The standard InChI is InChI=1S/C11H7BrF2O/c12-8-3-1-2-7-4-5-9(14)11(10(7)8)15-6-13/h1-5H,6H2/i6D2. The average Bonchev–Trinajstić information content (AvgIpc) is 2.21. The van der Waals surface area contributed by atoms with E-state index in [-0.39, 0.29) is 0 Å². The molecule has 2 rings (SSSR count). The minimum atomic E-state index is -3.43. The van der Waals surface area contributed by atoms with Crippen molar-refractivity contribution in [2.24, 2.45) is 0 Å². The van der Waals surface area contributed by atoms with Gasteiger partial charge in [-0.1, -0.05) is 34.1 Å². The highest BCUT2D eigenvalue weighted by Crippen LogP contribution is 2.34. The van der Waals surface area contributed by atoms with Crippen molar-refractivity contribution in [2.75, 3.05) is 6.81 Å². The fourth-order valence-electron chi connectivity index (χ4n) is 1.42. The monoisotopic (exact) mass is 274 g/mol. The van der Waals surface area contributed by atoms with Crippen molar-refractivity contribution < 1.29 is 16.3 Å². The first kappa shape index (κ1) is 8.05. The summed E-state index contributed by atoms with van der Waals surface area (Å²) in [6.45, 7) is -3.43. The van der Waals surface area contributed by atoms with Crippen LogP contribution >= 0.6 is 15.9 Å². The van der Waals surface area contributed by atoms with E-state index >= 15 is 0 Å². The van der Waals surface area contributed by atoms with E-state index < -0.39 is 18.4 Å². The third kappa shape index (κ3) is 1.81. The van der Waals surface area contributed by atoms with Crippen LogP contribution < -0.4 is 4.74 Å². The second kappa shape index (κ2) is 4.14. The van der Waals surface area contributed by atoms with Crippen LogP contribution in [-0.2, 0) is 0 Å². The molecule has 78 valence electrons. The third-order valence-electron chi connectivity index (χ3n) is 2.04. The number of hydrogen-bond acceptors (Lipinski definition) is 1. The molecule has 4 heteroatoms. The number of benzene rings is 2. The second-order valence-corrected chi connectivity index (χ2v) is 3.75. The third-order valence-corrected chi connectivity index (χ3v) is 2.70. The van der Waals surface area contributed by atoms with Crippen molar-refractivity contribution in [3.05, 3.63) is 40.6 Å². The minimum Gasteiger partial charge on any atom is -0.459 e. The lowest BCUT2D eigenvalue weighted by atomic mass is 10.1. The van der Waals surface area contributed by atoms with E-state index in [1.807, 2.05) is 0 Å². The number of halogens is 3. The lowest BCUT2D eigenvalue weighted by molar-refractivity contribution is 0.187. The molecule has 0 radical (unpaired) electrons. The zero-order chi connectivity index (χ0) is 12.6. The zero-order valence-corrected chi connectivity index (χ0v) is 9.01. The molecule has 0 aliphatic rings. The van der Waals surface area contributed by atoms with Crippen LogP contribution in [0.5, 0.6) is 5.75 Å². The molecule has 0 N–H and O–H groups in total. The zero-order valence-electron chi connectivity index (χ0n) is 9.43. The van der Waals surface area contributed by atoms with Gasteiger partial charge in [0.1, 0.15) is 2.74 Å². The van der Waals surface area contributed by atoms with Gasteiger partial charge < -0.3 is 4.74 Å². The maximum atomic E-state index is 13.6. The molecule has 2 aromatic rings. The fourth-order valence-corrected chi connectivity index (χ4v) is 1.98. The average molecular weight is 275 g/mol. The van der Waals surface area contributed by atoms with Gasteiger partial charge in [0.05, 0.1) is 0 Å². The van der Waals surface area contributed by atoms with Crippen LogP contribution in [0.2, 0.25) is 0 Å². The van der Waals surface area contributed by atoms with Gasteiger partial charge in [0.15, 0.2) is 11.6 Å². The molecule has 0 amide bonds. The summed E-state index contributed by atoms with van der Waals surface area (Å²) >= 11 is 3.20. The van der Waals surface area contributed by atoms with E-state index in [0.29, 0.717) is 15.2 Å². The Morgan fingerprint density at radius 1 is 1.33 bits per heavy atom. The van der Waals surface area contributed by atoms with Gasteiger partial charge in [0.2, 0.25) is 6.81 Å². The SMILES string of the molecule is [2H]C([2H])(F)Oc1c(F)ccc2cccc(Br)c12. The Labute approximate surface area is 96.6 Å². The van der Waals surface area contributed by atoms with Gasteiger partial charge >= 0.3 is 0 Å². The lowest BCUT2D eigenvalue weighted by Crippen LogP contribution is -1.95. The summed E-state index contributed by atoms with van der Waals surface area (Å²) in [5, 5.41) is 0.925. The number of rotatable bonds is 2. The highest BCUT2D eigenvalue weighted by atomic mass is 79.9. The molecule has 1 nitrogen and oxygen atoms in total. The summed E-state index contributed by atoms with van der Waals surface area (Å²) in [7, 11) is 0. The Morgan fingerprint density at radius 3 is 2.87 bits per heavy atom. The van der Waals surface area contributed by atoms with Gasteiger partial charge in [-0.05, 0) is 17.5 Å². The van der Waals surface area contributed by atoms with Crippen molar-refractivity contribution in [3.8, 4) is 5.75 Å². The molecule has 0 unspecified atom stereocenters. The molecule has 2 aromatic carbocycles. The Morgan fingerprint density at radius 2 is 2.13 bits per heavy atom. The predicted molar refractivity (Wildman–Crippen MR) is 58.2 cm³/mol. The number of alkyl halides is 1. The summed E-state index contributed by atoms with van der Waals surface area (Å²) in [4.78, 5) is 0. The lowest BCUT2D eigenvalue weighted by Gasteiger charge is -2.08. The summed E-state index contributed by atoms with van der Waals surface area (Å²) in [6, 6.07) is 7.69. The summed E-state index contributed by atoms with van der Waals surface area (Å²) in [6.07, 6.45) is 0. The predicted octanol–water partition coefficient (Wildman–Crippen LogP) is 4.05. The number of hydrogen-bond donors (Lipinski definition) is 0. The molecule has 0 heterocycles. The van der Waals surface area contributed by atoms with Crippen molar-refractivity contribution in [1.29, 1.82) is 0 Å². The largest absolute Gasteiger partial charge is 0.459 e. The highest BCUT2D eigenvalue weighted by molar-refractivity contribution is 9.10. The molecule has 0 aliphatic carbocycles. The summed E-state index contributed by atoms with van der Waals surface area (Å²) in [5.74, 6) is -1.26. The van der Waals surface area contributed by atoms with Crippen LogP contribution in [0.3, 0.4) is 0 Å². The molecule has 0 fully saturated rings. The number of fused-ring (bicyclic) bond motifs is 1. The molecular weight excluding hydrogens is 266 g/mol. The van der Waals surface area contributed by atoms with Crippen LogP contribution in [0.15, 0.2) is 34.8 Å². The van der Waals surface area contributed by atoms with Gasteiger partial charge in [-0.15, -0.1) is 0 Å². The van der Waals surface area contributed by atoms with Gasteiger partial charge in [-0.25, -0.2) is 8.78 Å². The molecule has 0 spiro atoms. The van der Waals surface area contributed by atoms with Crippen LogP contribution in [-0.4, -0.2) is 6.81 Å². The van der Waals surface area contributed by atoms with Crippen LogP contribution in [0.4, 0.5) is 8.78 Å². The normalized spacial score (nSPS) is 13.5. The maximum absolute atomic E-state index is 13.6. The quantitative estimate of drug-likeness (QED) is 0.803. The first-order valence-corrected chi connectivity index (χ1v) is 4.92. The Kier molecular flexibility index (Phi) is 2.22. The van der Waals surface area contributed by atoms with Crippen molar-refractivity contribution in [3.63, 3.8) is 0 Å². The van der Waals surface area contributed by atoms with Gasteiger partial charge in [0.25, 0.3) is 0 Å². The van der Waals surface area contributed by atoms with Crippen molar-refractivity contribution in [2.45, 2.75) is 0 Å². The van der Waals surface area contributed by atoms with E-state index in [0.717, 1.165) is 6.07 Å². The van der Waals surface area contributed by atoms with Gasteiger partial charge in [-0.3, -0.25) is 0 Å². The molecule has 0 aromatic heterocycles. The molecule has 15 heavy (non-hydrogen) atoms. The second-order valence-electron chi connectivity index (χ2n) is 2.89. The van der Waals surface area contributed by atoms with Gasteiger partial charge in [-0.2, -0.15) is 0 Å². The van der Waals surface area contributed by atoms with E-state index in [1.54, 1.807) is 18.2 Å². The van der Waals surface area contributed by atoms with E-state index in [9.17, 15) is 8.78 Å². The molecule has 0 bridgehead atoms. The molecule has 0 aliphatic heterocycles. The molecule has 0 saturated heterocycles. The first-order chi connectivity index (χ1) is 7.88. The van der Waals surface area contributed by atoms with E-state index in [2.05, 4.69) is 20.7 Å². The maximum Gasteiger partial charge on any atom is 0.228 e. The Hall–Kier alpha value is -1.16. The van der Waals surface area contributed by atoms with Crippen LogP contribution in [0.25, 0.3) is 10.8 Å². The van der Waals surface area contributed by atoms with Gasteiger partial charge in [0, 0.05) is 9.86 Å². The first-order valence-electron chi connectivity index (χ1n) is 5.13. The molecular formula is C11H7BrF2O. The molecule has 0 saturated carbocycles. The van der Waals surface area contributed by atoms with E-state index in [1.165, 1.54) is 6.07 Å². The van der Waals surface area contributed by atoms with Crippen molar-refractivity contribution >= 4 is 26.7 Å². The Bertz CT molecular complexity index is 569. The summed E-state index contributed by atoms with van der Waals surface area (Å²) < 4.78 is 44.7. The topological polar surface area (TPSA) is 9.23 Å². The number of ether oxygens (including phenoxy) is 1. The highest BCUT2D eigenvalue weighted by Gasteiger charge is 2.11. The van der Waals surface area contributed by atoms with Crippen LogP contribution in [0.1, 0.15) is 2.74 Å². The van der Waals surface area contributed by atoms with E-state index in [4.69, 9.17) is 2.74 Å². The van der Waals surface area contributed by atoms with Crippen molar-refractivity contribution in [1.82, 2.24) is 0 Å². The minimum absolute atomic E-state index is 0.300. The fraction of sp³-hybridized carbons (Fsp3) is 0.0909. The molecule has 0 atom stereocenters. The Balaban J connectivity index is 2.71.